The molecule has 0 aliphatic heterocycles. The average Bonchev–Trinajstić information content (AvgIpc) is 2.75. The Hall–Kier alpha value is -1.99. The van der Waals surface area contributed by atoms with E-state index in [1.54, 1.807) is 13.1 Å². The van der Waals surface area contributed by atoms with E-state index in [0.717, 1.165) is 11.3 Å². The molecule has 0 bridgehead atoms. The summed E-state index contributed by atoms with van der Waals surface area (Å²) in [5.41, 5.74) is 0.794. The SMILES string of the molecule is CCSc1nc2c(c(=O)[nH]1)n(Cc1ccccc1Cl)c(=O)n2C. The molecule has 0 saturated carbocycles. The van der Waals surface area contributed by atoms with Crippen LogP contribution < -0.4 is 11.2 Å². The summed E-state index contributed by atoms with van der Waals surface area (Å²) in [6, 6.07) is 7.25. The maximum atomic E-state index is 12.5. The lowest BCUT2D eigenvalue weighted by molar-refractivity contribution is 0.733. The number of aromatic nitrogens is 4. The molecule has 6 nitrogen and oxygen atoms in total. The van der Waals surface area contributed by atoms with Crippen molar-refractivity contribution in [2.75, 3.05) is 5.75 Å². The van der Waals surface area contributed by atoms with Crippen molar-refractivity contribution in [1.82, 2.24) is 19.1 Å². The van der Waals surface area contributed by atoms with Crippen molar-refractivity contribution < 1.29 is 0 Å². The number of rotatable bonds is 4. The number of aryl methyl sites for hydroxylation is 1. The van der Waals surface area contributed by atoms with Crippen LogP contribution >= 0.6 is 23.4 Å². The van der Waals surface area contributed by atoms with Crippen LogP contribution in [0.15, 0.2) is 39.0 Å². The molecular weight excluding hydrogens is 336 g/mol. The van der Waals surface area contributed by atoms with Crippen molar-refractivity contribution in [1.29, 1.82) is 0 Å². The normalized spacial score (nSPS) is 11.3. The first-order chi connectivity index (χ1) is 11.0. The van der Waals surface area contributed by atoms with Gasteiger partial charge in [0.2, 0.25) is 0 Å². The Morgan fingerprint density at radius 1 is 1.30 bits per heavy atom. The number of halogens is 1. The molecular formula is C15H15ClN4O2S. The van der Waals surface area contributed by atoms with Gasteiger partial charge in [-0.2, -0.15) is 0 Å². The van der Waals surface area contributed by atoms with Gasteiger partial charge in [0, 0.05) is 12.1 Å². The largest absolute Gasteiger partial charge is 0.330 e. The molecule has 8 heteroatoms. The number of imidazole rings is 1. The van der Waals surface area contributed by atoms with Gasteiger partial charge in [0.05, 0.1) is 6.54 Å². The highest BCUT2D eigenvalue weighted by molar-refractivity contribution is 7.99. The molecule has 0 radical (unpaired) electrons. The summed E-state index contributed by atoms with van der Waals surface area (Å²) < 4.78 is 2.80. The van der Waals surface area contributed by atoms with Crippen molar-refractivity contribution in [2.24, 2.45) is 7.05 Å². The molecule has 0 aliphatic carbocycles. The fourth-order valence-corrected chi connectivity index (χ4v) is 3.21. The zero-order chi connectivity index (χ0) is 16.6. The first-order valence-corrected chi connectivity index (χ1v) is 8.45. The van der Waals surface area contributed by atoms with E-state index in [-0.39, 0.29) is 23.3 Å². The monoisotopic (exact) mass is 350 g/mol. The summed E-state index contributed by atoms with van der Waals surface area (Å²) in [7, 11) is 1.61. The lowest BCUT2D eigenvalue weighted by Crippen LogP contribution is -2.24. The Morgan fingerprint density at radius 2 is 2.04 bits per heavy atom. The van der Waals surface area contributed by atoms with Crippen LogP contribution in [0.2, 0.25) is 5.02 Å². The summed E-state index contributed by atoms with van der Waals surface area (Å²) in [4.78, 5) is 32.0. The molecule has 3 aromatic rings. The number of nitrogens with zero attached hydrogens (tertiary/aromatic N) is 3. The van der Waals surface area contributed by atoms with Gasteiger partial charge < -0.3 is 0 Å². The zero-order valence-electron chi connectivity index (χ0n) is 12.7. The first-order valence-electron chi connectivity index (χ1n) is 7.08. The highest BCUT2D eigenvalue weighted by Crippen LogP contribution is 2.18. The Morgan fingerprint density at radius 3 is 2.74 bits per heavy atom. The second kappa shape index (κ2) is 6.25. The quantitative estimate of drug-likeness (QED) is 0.578. The third kappa shape index (κ3) is 2.82. The smallest absolute Gasteiger partial charge is 0.300 e. The number of H-pyrrole nitrogens is 1. The van der Waals surface area contributed by atoms with Gasteiger partial charge in [0.1, 0.15) is 0 Å². The highest BCUT2D eigenvalue weighted by Gasteiger charge is 2.17. The van der Waals surface area contributed by atoms with Gasteiger partial charge >= 0.3 is 5.69 Å². The van der Waals surface area contributed by atoms with Crippen LogP contribution in [0.25, 0.3) is 11.2 Å². The van der Waals surface area contributed by atoms with E-state index in [1.807, 2.05) is 25.1 Å². The van der Waals surface area contributed by atoms with E-state index in [4.69, 9.17) is 11.6 Å². The van der Waals surface area contributed by atoms with Crippen LogP contribution in [0.3, 0.4) is 0 Å². The molecule has 0 aliphatic rings. The van der Waals surface area contributed by atoms with E-state index in [2.05, 4.69) is 9.97 Å². The number of aromatic amines is 1. The lowest BCUT2D eigenvalue weighted by Gasteiger charge is -2.05. The molecule has 0 spiro atoms. The maximum Gasteiger partial charge on any atom is 0.330 e. The molecule has 23 heavy (non-hydrogen) atoms. The van der Waals surface area contributed by atoms with Crippen LogP contribution in [-0.2, 0) is 13.6 Å². The van der Waals surface area contributed by atoms with Crippen molar-refractivity contribution in [3.63, 3.8) is 0 Å². The molecule has 2 aromatic heterocycles. The molecule has 0 unspecified atom stereocenters. The summed E-state index contributed by atoms with van der Waals surface area (Å²) in [6.45, 7) is 2.19. The molecule has 120 valence electrons. The Bertz CT molecular complexity index is 989. The summed E-state index contributed by atoms with van der Waals surface area (Å²) in [5, 5.41) is 1.06. The van der Waals surface area contributed by atoms with Crippen LogP contribution in [-0.4, -0.2) is 24.9 Å². The van der Waals surface area contributed by atoms with Crippen LogP contribution in [0.1, 0.15) is 12.5 Å². The van der Waals surface area contributed by atoms with Gasteiger partial charge in [-0.15, -0.1) is 0 Å². The predicted molar refractivity (Wildman–Crippen MR) is 92.5 cm³/mol. The Balaban J connectivity index is 2.22. The van der Waals surface area contributed by atoms with Crippen molar-refractivity contribution in [3.05, 3.63) is 55.7 Å². The average molecular weight is 351 g/mol. The molecule has 0 amide bonds. The van der Waals surface area contributed by atoms with Crippen LogP contribution in [0.4, 0.5) is 0 Å². The highest BCUT2D eigenvalue weighted by atomic mass is 35.5. The van der Waals surface area contributed by atoms with Gasteiger partial charge in [0.25, 0.3) is 5.56 Å². The zero-order valence-corrected chi connectivity index (χ0v) is 14.2. The molecule has 0 saturated heterocycles. The predicted octanol–water partition coefficient (Wildman–Crippen LogP) is 2.24. The van der Waals surface area contributed by atoms with Crippen molar-refractivity contribution in [3.8, 4) is 0 Å². The number of hydrogen-bond acceptors (Lipinski definition) is 4. The third-order valence-electron chi connectivity index (χ3n) is 3.53. The molecule has 0 atom stereocenters. The summed E-state index contributed by atoms with van der Waals surface area (Å²) in [5.74, 6) is 0.780. The molecule has 2 heterocycles. The molecule has 0 fully saturated rings. The van der Waals surface area contributed by atoms with E-state index >= 15 is 0 Å². The fourth-order valence-electron chi connectivity index (χ4n) is 2.43. The van der Waals surface area contributed by atoms with E-state index in [0.29, 0.717) is 15.8 Å². The van der Waals surface area contributed by atoms with E-state index in [1.165, 1.54) is 20.9 Å². The molecule has 1 aromatic carbocycles. The number of fused-ring (bicyclic) bond motifs is 1. The van der Waals surface area contributed by atoms with Crippen LogP contribution in [0.5, 0.6) is 0 Å². The van der Waals surface area contributed by atoms with E-state index in [9.17, 15) is 9.59 Å². The topological polar surface area (TPSA) is 72.7 Å². The first kappa shape index (κ1) is 15.9. The minimum absolute atomic E-state index is 0.223. The van der Waals surface area contributed by atoms with Gasteiger partial charge in [-0.1, -0.05) is 48.5 Å². The third-order valence-corrected chi connectivity index (χ3v) is 4.65. The standard InChI is InChI=1S/C15H15ClN4O2S/c1-3-23-14-17-12-11(13(21)18-14)20(15(22)19(12)2)8-9-6-4-5-7-10(9)16/h4-7H,3,8H2,1-2H3,(H,17,18,21). The fraction of sp³-hybridized carbons (Fsp3) is 0.267. The summed E-state index contributed by atoms with van der Waals surface area (Å²) >= 11 is 7.59. The molecule has 1 N–H and O–H groups in total. The second-order valence-corrected chi connectivity index (χ2v) is 6.66. The number of hydrogen-bond donors (Lipinski definition) is 1. The van der Waals surface area contributed by atoms with Crippen LogP contribution in [0, 0.1) is 0 Å². The van der Waals surface area contributed by atoms with Crippen molar-refractivity contribution >= 4 is 34.5 Å². The van der Waals surface area contributed by atoms with Gasteiger partial charge in [-0.3, -0.25) is 18.9 Å². The second-order valence-electron chi connectivity index (χ2n) is 5.00. The van der Waals surface area contributed by atoms with Gasteiger partial charge in [0.15, 0.2) is 16.3 Å². The van der Waals surface area contributed by atoms with Crippen molar-refractivity contribution in [2.45, 2.75) is 18.6 Å². The number of thioether (sulfide) groups is 1. The van der Waals surface area contributed by atoms with Gasteiger partial charge in [-0.05, 0) is 17.4 Å². The van der Waals surface area contributed by atoms with Gasteiger partial charge in [-0.25, -0.2) is 9.78 Å². The minimum Gasteiger partial charge on any atom is -0.300 e. The summed E-state index contributed by atoms with van der Waals surface area (Å²) in [6.07, 6.45) is 0. The Labute approximate surface area is 141 Å². The minimum atomic E-state index is -0.323. The number of benzene rings is 1. The molecule has 3 rings (SSSR count). The number of nitrogens with one attached hydrogen (secondary N) is 1. The lowest BCUT2D eigenvalue weighted by atomic mass is 10.2. The van der Waals surface area contributed by atoms with E-state index < -0.39 is 0 Å². The maximum absolute atomic E-state index is 12.5. The Kier molecular flexibility index (Phi) is 4.32.